The number of carbonyl (C=O) groups excluding carboxylic acids is 1. The molecule has 102 valence electrons. The van der Waals surface area contributed by atoms with Crippen molar-refractivity contribution in [3.05, 3.63) is 53.6 Å². The van der Waals surface area contributed by atoms with Crippen LogP contribution in [0.15, 0.2) is 42.5 Å². The fraction of sp³-hybridized carbons (Fsp3) is 0.188. The summed E-state index contributed by atoms with van der Waals surface area (Å²) in [5, 5.41) is 6.24. The highest BCUT2D eigenvalue weighted by atomic mass is 16.1. The van der Waals surface area contributed by atoms with E-state index >= 15 is 0 Å². The fourth-order valence-corrected chi connectivity index (χ4v) is 2.48. The Morgan fingerprint density at radius 2 is 2.00 bits per heavy atom. The smallest absolute Gasteiger partial charge is 0.228 e. The van der Waals surface area contributed by atoms with Crippen LogP contribution in [0.2, 0.25) is 0 Å². The molecule has 0 saturated heterocycles. The van der Waals surface area contributed by atoms with E-state index in [1.54, 1.807) is 0 Å². The van der Waals surface area contributed by atoms with E-state index in [2.05, 4.69) is 29.7 Å². The summed E-state index contributed by atoms with van der Waals surface area (Å²) in [6.45, 7) is 2.08. The molecule has 4 nitrogen and oxygen atoms in total. The van der Waals surface area contributed by atoms with Gasteiger partial charge in [-0.25, -0.2) is 0 Å². The average molecular weight is 267 g/mol. The summed E-state index contributed by atoms with van der Waals surface area (Å²) in [6, 6.07) is 14.1. The Morgan fingerprint density at radius 3 is 2.75 bits per heavy atom. The summed E-state index contributed by atoms with van der Waals surface area (Å²) < 4.78 is 0. The molecule has 1 heterocycles. The van der Waals surface area contributed by atoms with Gasteiger partial charge in [0, 0.05) is 11.7 Å². The van der Waals surface area contributed by atoms with Crippen molar-refractivity contribution in [3.8, 4) is 0 Å². The Labute approximate surface area is 118 Å². The molecule has 20 heavy (non-hydrogen) atoms. The number of fused-ring (bicyclic) bond motifs is 1. The van der Waals surface area contributed by atoms with Crippen molar-refractivity contribution >= 4 is 23.0 Å². The lowest BCUT2D eigenvalue weighted by Gasteiger charge is -2.18. The van der Waals surface area contributed by atoms with Gasteiger partial charge in [-0.1, -0.05) is 30.3 Å². The van der Waals surface area contributed by atoms with E-state index in [-0.39, 0.29) is 11.9 Å². The molecule has 1 aliphatic heterocycles. The van der Waals surface area contributed by atoms with E-state index in [1.165, 1.54) is 5.56 Å². The molecule has 1 aliphatic rings. The van der Waals surface area contributed by atoms with Gasteiger partial charge in [-0.3, -0.25) is 4.79 Å². The molecule has 4 heteroatoms. The Morgan fingerprint density at radius 1 is 1.25 bits per heavy atom. The molecule has 0 saturated carbocycles. The number of carbonyl (C=O) groups is 1. The second-order valence-electron chi connectivity index (χ2n) is 5.10. The van der Waals surface area contributed by atoms with Crippen LogP contribution in [-0.2, 0) is 11.2 Å². The molecule has 3 rings (SSSR count). The number of hydrogen-bond acceptors (Lipinski definition) is 3. The minimum absolute atomic E-state index is 0.0210. The monoisotopic (exact) mass is 267 g/mol. The number of nitrogens with two attached hydrogens (primary N) is 1. The SMILES string of the molecule is CC(Nc1cc2c(cc1N)CC(=O)N2)c1ccccc1. The van der Waals surface area contributed by atoms with E-state index in [1.807, 2.05) is 30.3 Å². The summed E-state index contributed by atoms with van der Waals surface area (Å²) >= 11 is 0. The van der Waals surface area contributed by atoms with Crippen molar-refractivity contribution in [1.29, 1.82) is 0 Å². The van der Waals surface area contributed by atoms with Crippen LogP contribution < -0.4 is 16.4 Å². The maximum absolute atomic E-state index is 11.4. The lowest BCUT2D eigenvalue weighted by Crippen LogP contribution is -2.08. The Bertz CT molecular complexity index is 652. The van der Waals surface area contributed by atoms with Gasteiger partial charge in [-0.05, 0) is 30.2 Å². The number of benzene rings is 2. The zero-order valence-corrected chi connectivity index (χ0v) is 11.3. The summed E-state index contributed by atoms with van der Waals surface area (Å²) in [6.07, 6.45) is 0.411. The van der Waals surface area contributed by atoms with Crippen LogP contribution >= 0.6 is 0 Å². The van der Waals surface area contributed by atoms with E-state index in [0.29, 0.717) is 12.1 Å². The number of nitrogens with one attached hydrogen (secondary N) is 2. The van der Waals surface area contributed by atoms with Crippen molar-refractivity contribution in [3.63, 3.8) is 0 Å². The zero-order valence-electron chi connectivity index (χ0n) is 11.3. The molecule has 1 unspecified atom stereocenters. The number of nitrogen functional groups attached to an aromatic ring is 1. The molecule has 0 spiro atoms. The topological polar surface area (TPSA) is 67.1 Å². The van der Waals surface area contributed by atoms with E-state index in [9.17, 15) is 4.79 Å². The minimum Gasteiger partial charge on any atom is -0.397 e. The van der Waals surface area contributed by atoms with Crippen LogP contribution in [0.1, 0.15) is 24.1 Å². The van der Waals surface area contributed by atoms with E-state index < -0.39 is 0 Å². The number of anilines is 3. The van der Waals surface area contributed by atoms with Crippen molar-refractivity contribution < 1.29 is 4.79 Å². The maximum atomic E-state index is 11.4. The highest BCUT2D eigenvalue weighted by Gasteiger charge is 2.19. The Balaban J connectivity index is 1.85. The van der Waals surface area contributed by atoms with Crippen molar-refractivity contribution in [2.75, 3.05) is 16.4 Å². The maximum Gasteiger partial charge on any atom is 0.228 e. The average Bonchev–Trinajstić information content (AvgIpc) is 2.79. The van der Waals surface area contributed by atoms with Gasteiger partial charge in [0.2, 0.25) is 5.91 Å². The molecule has 2 aromatic rings. The highest BCUT2D eigenvalue weighted by molar-refractivity contribution is 6.00. The zero-order chi connectivity index (χ0) is 14.1. The molecular formula is C16H17N3O. The molecule has 0 bridgehead atoms. The lowest BCUT2D eigenvalue weighted by atomic mass is 10.1. The van der Waals surface area contributed by atoms with Gasteiger partial charge in [0.25, 0.3) is 0 Å². The first-order chi connectivity index (χ1) is 9.63. The molecule has 4 N–H and O–H groups in total. The quantitative estimate of drug-likeness (QED) is 0.749. The molecule has 1 atom stereocenters. The number of rotatable bonds is 3. The molecule has 0 aliphatic carbocycles. The Kier molecular flexibility index (Phi) is 3.06. The molecule has 1 amide bonds. The van der Waals surface area contributed by atoms with Crippen molar-refractivity contribution in [2.24, 2.45) is 0 Å². The van der Waals surface area contributed by atoms with Gasteiger partial charge in [0.05, 0.1) is 17.8 Å². The van der Waals surface area contributed by atoms with E-state index in [4.69, 9.17) is 5.73 Å². The van der Waals surface area contributed by atoms with Gasteiger partial charge in [0.1, 0.15) is 0 Å². The normalized spacial score (nSPS) is 14.6. The van der Waals surface area contributed by atoms with Crippen LogP contribution in [-0.4, -0.2) is 5.91 Å². The van der Waals surface area contributed by atoms with E-state index in [0.717, 1.165) is 16.9 Å². The second-order valence-corrected chi connectivity index (χ2v) is 5.10. The first kappa shape index (κ1) is 12.5. The predicted octanol–water partition coefficient (Wildman–Crippen LogP) is 2.94. The van der Waals surface area contributed by atoms with Gasteiger partial charge in [-0.2, -0.15) is 0 Å². The lowest BCUT2D eigenvalue weighted by molar-refractivity contribution is -0.115. The molecule has 0 radical (unpaired) electrons. The first-order valence-electron chi connectivity index (χ1n) is 6.67. The van der Waals surface area contributed by atoms with Crippen molar-refractivity contribution in [1.82, 2.24) is 0 Å². The fourth-order valence-electron chi connectivity index (χ4n) is 2.48. The molecule has 0 fully saturated rings. The molecule has 0 aromatic heterocycles. The summed E-state index contributed by atoms with van der Waals surface area (Å²) in [7, 11) is 0. The third-order valence-corrected chi connectivity index (χ3v) is 3.57. The van der Waals surface area contributed by atoms with Crippen LogP contribution in [0.5, 0.6) is 0 Å². The summed E-state index contributed by atoms with van der Waals surface area (Å²) in [5.41, 5.74) is 10.6. The second kappa shape index (κ2) is 4.89. The number of amides is 1. The van der Waals surface area contributed by atoms with Crippen LogP contribution in [0, 0.1) is 0 Å². The third-order valence-electron chi connectivity index (χ3n) is 3.57. The molecular weight excluding hydrogens is 250 g/mol. The van der Waals surface area contributed by atoms with Crippen LogP contribution in [0.4, 0.5) is 17.1 Å². The summed E-state index contributed by atoms with van der Waals surface area (Å²) in [4.78, 5) is 11.4. The minimum atomic E-state index is 0.0210. The van der Waals surface area contributed by atoms with Crippen LogP contribution in [0.3, 0.4) is 0 Å². The highest BCUT2D eigenvalue weighted by Crippen LogP contribution is 2.33. The van der Waals surface area contributed by atoms with Gasteiger partial charge >= 0.3 is 0 Å². The standard InChI is InChI=1S/C16H17N3O/c1-10(11-5-3-2-4-6-11)18-15-9-14-12(7-13(15)17)8-16(20)19-14/h2-7,9-10,18H,8,17H2,1H3,(H,19,20). The summed E-state index contributed by atoms with van der Waals surface area (Å²) in [5.74, 6) is 0.0210. The van der Waals surface area contributed by atoms with Gasteiger partial charge in [0.15, 0.2) is 0 Å². The predicted molar refractivity (Wildman–Crippen MR) is 81.7 cm³/mol. The van der Waals surface area contributed by atoms with Crippen molar-refractivity contribution in [2.45, 2.75) is 19.4 Å². The third kappa shape index (κ3) is 2.32. The van der Waals surface area contributed by atoms with Gasteiger partial charge in [-0.15, -0.1) is 0 Å². The largest absolute Gasteiger partial charge is 0.397 e. The Hall–Kier alpha value is -2.49. The molecule has 2 aromatic carbocycles. The number of hydrogen-bond donors (Lipinski definition) is 3. The first-order valence-corrected chi connectivity index (χ1v) is 6.67. The van der Waals surface area contributed by atoms with Gasteiger partial charge < -0.3 is 16.4 Å². The van der Waals surface area contributed by atoms with Crippen LogP contribution in [0.25, 0.3) is 0 Å².